The quantitative estimate of drug-likeness (QED) is 0.307. The molecule has 0 radical (unpaired) electrons. The highest BCUT2D eigenvalue weighted by atomic mass is 35.5. The standard InChI is InChI=1S/C21H27N3O5S.ClH/c1-13-14(2)24-18-11-16(5-6-17(13)18)29-9-8-23-12-20(26)15-4-7-19(25)21(10-15)30(27,28)22-3;/h4-7,10-11,20,22-26H,8-9,12H2,1-3H3;1H. The van der Waals surface area contributed by atoms with E-state index in [0.717, 1.165) is 17.0 Å². The summed E-state index contributed by atoms with van der Waals surface area (Å²) < 4.78 is 31.8. The van der Waals surface area contributed by atoms with Crippen LogP contribution >= 0.6 is 12.4 Å². The van der Waals surface area contributed by atoms with Crippen molar-refractivity contribution < 1.29 is 23.4 Å². The average Bonchev–Trinajstić information content (AvgIpc) is 3.01. The maximum atomic E-state index is 11.9. The Kier molecular flexibility index (Phi) is 8.33. The zero-order valence-corrected chi connectivity index (χ0v) is 19.2. The molecule has 0 amide bonds. The molecule has 0 bridgehead atoms. The minimum Gasteiger partial charge on any atom is -0.507 e. The zero-order valence-electron chi connectivity index (χ0n) is 17.6. The summed E-state index contributed by atoms with van der Waals surface area (Å²) in [5, 5.41) is 24.4. The van der Waals surface area contributed by atoms with Crippen LogP contribution in [0.15, 0.2) is 41.3 Å². The number of sulfonamides is 1. The Bertz CT molecular complexity index is 1150. The normalized spacial score (nSPS) is 12.5. The number of hydrogen-bond acceptors (Lipinski definition) is 6. The number of benzene rings is 2. The van der Waals surface area contributed by atoms with Gasteiger partial charge in [0.1, 0.15) is 23.0 Å². The van der Waals surface area contributed by atoms with Crippen LogP contribution in [0.2, 0.25) is 0 Å². The monoisotopic (exact) mass is 469 g/mol. The lowest BCUT2D eigenvalue weighted by Gasteiger charge is -2.14. The number of aromatic nitrogens is 1. The summed E-state index contributed by atoms with van der Waals surface area (Å²) in [4.78, 5) is 3.06. The van der Waals surface area contributed by atoms with E-state index in [4.69, 9.17) is 4.74 Å². The molecule has 31 heavy (non-hydrogen) atoms. The predicted molar refractivity (Wildman–Crippen MR) is 123 cm³/mol. The molecule has 170 valence electrons. The molecule has 0 saturated heterocycles. The number of phenols is 1. The third-order valence-electron chi connectivity index (χ3n) is 5.09. The first-order valence-electron chi connectivity index (χ1n) is 9.60. The molecule has 3 aromatic rings. The number of hydrogen-bond donors (Lipinski definition) is 5. The number of aliphatic hydroxyl groups excluding tert-OH is 1. The van der Waals surface area contributed by atoms with Gasteiger partial charge in [-0.3, -0.25) is 0 Å². The number of ether oxygens (including phenoxy) is 1. The average molecular weight is 470 g/mol. The number of fused-ring (bicyclic) bond motifs is 1. The number of nitrogens with one attached hydrogen (secondary N) is 3. The SMILES string of the molecule is CNS(=O)(=O)c1cc(C(O)CNCCOc2ccc3c(C)c(C)[nH]c3c2)ccc1O.Cl. The molecule has 0 aliphatic heterocycles. The number of aromatic hydroxyl groups is 1. The predicted octanol–water partition coefficient (Wildman–Crippen LogP) is 2.52. The smallest absolute Gasteiger partial charge is 0.243 e. The second-order valence-electron chi connectivity index (χ2n) is 7.09. The number of rotatable bonds is 9. The van der Waals surface area contributed by atoms with Crippen LogP contribution in [-0.4, -0.2) is 50.4 Å². The third kappa shape index (κ3) is 5.69. The first kappa shape index (κ1) is 25.0. The Labute approximate surface area is 188 Å². The van der Waals surface area contributed by atoms with Crippen LogP contribution in [0.4, 0.5) is 0 Å². The maximum Gasteiger partial charge on any atom is 0.243 e. The van der Waals surface area contributed by atoms with Crippen molar-refractivity contribution in [2.24, 2.45) is 0 Å². The molecular formula is C21H28ClN3O5S. The van der Waals surface area contributed by atoms with Crippen molar-refractivity contribution in [2.45, 2.75) is 24.8 Å². The number of aliphatic hydroxyl groups is 1. The van der Waals surface area contributed by atoms with Gasteiger partial charge in [-0.2, -0.15) is 0 Å². The summed E-state index contributed by atoms with van der Waals surface area (Å²) in [7, 11) is -2.56. The molecular weight excluding hydrogens is 442 g/mol. The molecule has 3 rings (SSSR count). The van der Waals surface area contributed by atoms with E-state index >= 15 is 0 Å². The van der Waals surface area contributed by atoms with E-state index in [-0.39, 0.29) is 29.6 Å². The lowest BCUT2D eigenvalue weighted by molar-refractivity contribution is 0.171. The zero-order chi connectivity index (χ0) is 21.9. The maximum absolute atomic E-state index is 11.9. The fourth-order valence-corrected chi connectivity index (χ4v) is 4.06. The molecule has 1 unspecified atom stereocenters. The number of halogens is 1. The number of phenolic OH excluding ortho intramolecular Hbond substituents is 1. The molecule has 10 heteroatoms. The van der Waals surface area contributed by atoms with Crippen molar-refractivity contribution in [2.75, 3.05) is 26.7 Å². The largest absolute Gasteiger partial charge is 0.507 e. The number of aryl methyl sites for hydroxylation is 2. The second-order valence-corrected chi connectivity index (χ2v) is 8.94. The lowest BCUT2D eigenvalue weighted by atomic mass is 10.1. The molecule has 8 nitrogen and oxygen atoms in total. The fourth-order valence-electron chi connectivity index (χ4n) is 3.20. The molecule has 2 aromatic carbocycles. The van der Waals surface area contributed by atoms with Gasteiger partial charge >= 0.3 is 0 Å². The van der Waals surface area contributed by atoms with E-state index < -0.39 is 16.1 Å². The van der Waals surface area contributed by atoms with E-state index in [9.17, 15) is 18.6 Å². The van der Waals surface area contributed by atoms with Crippen molar-refractivity contribution in [1.82, 2.24) is 15.0 Å². The summed E-state index contributed by atoms with van der Waals surface area (Å²) >= 11 is 0. The van der Waals surface area contributed by atoms with Crippen molar-refractivity contribution in [3.05, 3.63) is 53.2 Å². The van der Waals surface area contributed by atoms with Crippen molar-refractivity contribution in [1.29, 1.82) is 0 Å². The Morgan fingerprint density at radius 1 is 1.16 bits per heavy atom. The molecule has 0 fully saturated rings. The minimum absolute atomic E-state index is 0. The van der Waals surface area contributed by atoms with Crippen LogP contribution in [0.5, 0.6) is 11.5 Å². The topological polar surface area (TPSA) is 124 Å². The van der Waals surface area contributed by atoms with Crippen LogP contribution in [0.3, 0.4) is 0 Å². The van der Waals surface area contributed by atoms with Gasteiger partial charge in [0.05, 0.1) is 6.10 Å². The van der Waals surface area contributed by atoms with E-state index in [1.54, 1.807) is 0 Å². The lowest BCUT2D eigenvalue weighted by Crippen LogP contribution is -2.26. The molecule has 0 saturated carbocycles. The van der Waals surface area contributed by atoms with Crippen LogP contribution < -0.4 is 14.8 Å². The molecule has 1 heterocycles. The number of H-pyrrole nitrogens is 1. The van der Waals surface area contributed by atoms with E-state index in [0.29, 0.717) is 18.7 Å². The van der Waals surface area contributed by atoms with Crippen molar-refractivity contribution in [3.63, 3.8) is 0 Å². The van der Waals surface area contributed by atoms with Crippen molar-refractivity contribution in [3.8, 4) is 11.5 Å². The first-order valence-corrected chi connectivity index (χ1v) is 11.1. The summed E-state index contributed by atoms with van der Waals surface area (Å²) in [6.45, 7) is 5.23. The Morgan fingerprint density at radius 2 is 1.90 bits per heavy atom. The van der Waals surface area contributed by atoms with Gasteiger partial charge in [0.2, 0.25) is 10.0 Å². The van der Waals surface area contributed by atoms with Gasteiger partial charge in [-0.25, -0.2) is 13.1 Å². The first-order chi connectivity index (χ1) is 14.2. The van der Waals surface area contributed by atoms with Gasteiger partial charge < -0.3 is 25.3 Å². The van der Waals surface area contributed by atoms with Crippen LogP contribution in [0.25, 0.3) is 10.9 Å². The molecule has 0 spiro atoms. The Balaban J connectivity index is 0.00000341. The van der Waals surface area contributed by atoms with Crippen LogP contribution in [0.1, 0.15) is 22.9 Å². The van der Waals surface area contributed by atoms with E-state index in [2.05, 4.69) is 21.9 Å². The summed E-state index contributed by atoms with van der Waals surface area (Å²) in [5.41, 5.74) is 3.79. The molecule has 0 aliphatic carbocycles. The molecule has 5 N–H and O–H groups in total. The number of aromatic amines is 1. The van der Waals surface area contributed by atoms with E-state index in [1.807, 2.05) is 25.1 Å². The Morgan fingerprint density at radius 3 is 2.61 bits per heavy atom. The van der Waals surface area contributed by atoms with Crippen molar-refractivity contribution >= 4 is 33.3 Å². The summed E-state index contributed by atoms with van der Waals surface area (Å²) in [6, 6.07) is 9.93. The van der Waals surface area contributed by atoms with Gasteiger partial charge in [-0.15, -0.1) is 12.4 Å². The highest BCUT2D eigenvalue weighted by molar-refractivity contribution is 7.89. The van der Waals surface area contributed by atoms with Crippen LogP contribution in [-0.2, 0) is 10.0 Å². The van der Waals surface area contributed by atoms with Gasteiger partial charge in [0, 0.05) is 35.8 Å². The Hall–Kier alpha value is -2.30. The fraction of sp³-hybridized carbons (Fsp3) is 0.333. The van der Waals surface area contributed by atoms with Gasteiger partial charge in [-0.05, 0) is 56.3 Å². The van der Waals surface area contributed by atoms with Crippen LogP contribution in [0, 0.1) is 13.8 Å². The van der Waals surface area contributed by atoms with Gasteiger partial charge in [0.15, 0.2) is 0 Å². The highest BCUT2D eigenvalue weighted by Gasteiger charge is 2.19. The second kappa shape index (κ2) is 10.3. The van der Waals surface area contributed by atoms with Gasteiger partial charge in [0.25, 0.3) is 0 Å². The molecule has 1 aromatic heterocycles. The minimum atomic E-state index is -3.82. The summed E-state index contributed by atoms with van der Waals surface area (Å²) in [5.74, 6) is 0.387. The third-order valence-corrected chi connectivity index (χ3v) is 6.54. The molecule has 0 aliphatic rings. The van der Waals surface area contributed by atoms with Gasteiger partial charge in [-0.1, -0.05) is 6.07 Å². The summed E-state index contributed by atoms with van der Waals surface area (Å²) in [6.07, 6.45) is -0.933. The highest BCUT2D eigenvalue weighted by Crippen LogP contribution is 2.27. The van der Waals surface area contributed by atoms with E-state index in [1.165, 1.54) is 36.2 Å². The molecule has 1 atom stereocenters.